The second kappa shape index (κ2) is 2.49. The van der Waals surface area contributed by atoms with Gasteiger partial charge in [-0.05, 0) is 24.6 Å². The van der Waals surface area contributed by atoms with Gasteiger partial charge in [-0.25, -0.2) is 4.98 Å². The minimum Gasteiger partial charge on any atom is -0.336 e. The number of aryl methyl sites for hydroxylation is 2. The number of pyridine rings is 1. The van der Waals surface area contributed by atoms with Crippen LogP contribution in [0.25, 0.3) is 11.0 Å². The summed E-state index contributed by atoms with van der Waals surface area (Å²) in [6, 6.07) is 3.93. The van der Waals surface area contributed by atoms with E-state index in [2.05, 4.69) is 4.98 Å². The van der Waals surface area contributed by atoms with E-state index in [1.807, 2.05) is 36.9 Å². The van der Waals surface area contributed by atoms with Gasteiger partial charge in [-0.1, -0.05) is 11.6 Å². The Morgan fingerprint density at radius 2 is 2.25 bits per heavy atom. The molecule has 0 atom stereocenters. The number of rotatable bonds is 0. The lowest BCUT2D eigenvalue weighted by molar-refractivity contribution is 0.948. The molecule has 2 aromatic rings. The minimum absolute atomic E-state index is 0.557. The molecule has 0 amide bonds. The van der Waals surface area contributed by atoms with Crippen molar-refractivity contribution in [2.24, 2.45) is 7.05 Å². The molecule has 0 aliphatic heterocycles. The van der Waals surface area contributed by atoms with Crippen molar-refractivity contribution in [1.82, 2.24) is 9.55 Å². The number of aromatic nitrogens is 2. The van der Waals surface area contributed by atoms with Crippen molar-refractivity contribution in [3.05, 3.63) is 29.0 Å². The normalized spacial score (nSPS) is 10.9. The van der Waals surface area contributed by atoms with Crippen molar-refractivity contribution in [2.45, 2.75) is 6.92 Å². The topological polar surface area (TPSA) is 17.8 Å². The molecule has 0 aliphatic carbocycles. The highest BCUT2D eigenvalue weighted by atomic mass is 35.5. The minimum atomic E-state index is 0.557. The predicted molar refractivity (Wildman–Crippen MR) is 50.5 cm³/mol. The van der Waals surface area contributed by atoms with Gasteiger partial charge in [0.15, 0.2) is 0 Å². The smallest absolute Gasteiger partial charge is 0.141 e. The summed E-state index contributed by atoms with van der Waals surface area (Å²) in [6.07, 6.45) is 1.99. The Kier molecular flexibility index (Phi) is 1.58. The van der Waals surface area contributed by atoms with Crippen LogP contribution in [0.5, 0.6) is 0 Å². The van der Waals surface area contributed by atoms with Gasteiger partial charge < -0.3 is 4.57 Å². The zero-order chi connectivity index (χ0) is 8.72. The lowest BCUT2D eigenvalue weighted by Crippen LogP contribution is -1.89. The first-order chi connectivity index (χ1) is 5.68. The van der Waals surface area contributed by atoms with Crippen LogP contribution in [0.4, 0.5) is 0 Å². The van der Waals surface area contributed by atoms with Crippen LogP contribution in [0.3, 0.4) is 0 Å². The molecule has 0 spiro atoms. The van der Waals surface area contributed by atoms with Gasteiger partial charge in [0.25, 0.3) is 0 Å². The maximum atomic E-state index is 5.83. The average Bonchev–Trinajstić information content (AvgIpc) is 2.33. The summed E-state index contributed by atoms with van der Waals surface area (Å²) in [7, 11) is 1.96. The van der Waals surface area contributed by atoms with Gasteiger partial charge in [0, 0.05) is 18.6 Å². The molecule has 0 bridgehead atoms. The van der Waals surface area contributed by atoms with E-state index in [9.17, 15) is 0 Å². The van der Waals surface area contributed by atoms with Crippen molar-refractivity contribution in [1.29, 1.82) is 0 Å². The van der Waals surface area contributed by atoms with Crippen LogP contribution >= 0.6 is 11.6 Å². The molecule has 2 heterocycles. The van der Waals surface area contributed by atoms with Crippen LogP contribution in [0.15, 0.2) is 18.3 Å². The van der Waals surface area contributed by atoms with Crippen LogP contribution < -0.4 is 0 Å². The monoisotopic (exact) mass is 180 g/mol. The SMILES string of the molecule is Cc1cc(Cl)nc2c1ccn2C. The van der Waals surface area contributed by atoms with Crippen LogP contribution in [-0.4, -0.2) is 9.55 Å². The molecule has 0 N–H and O–H groups in total. The molecule has 0 aliphatic rings. The number of hydrogen-bond acceptors (Lipinski definition) is 1. The van der Waals surface area contributed by atoms with E-state index in [1.165, 1.54) is 10.9 Å². The molecular formula is C9H9ClN2. The van der Waals surface area contributed by atoms with Gasteiger partial charge in [0.1, 0.15) is 10.8 Å². The average molecular weight is 181 g/mol. The fourth-order valence-corrected chi connectivity index (χ4v) is 1.60. The molecule has 0 radical (unpaired) electrons. The maximum absolute atomic E-state index is 5.83. The van der Waals surface area contributed by atoms with E-state index in [-0.39, 0.29) is 0 Å². The Morgan fingerprint density at radius 1 is 1.50 bits per heavy atom. The first kappa shape index (κ1) is 7.62. The van der Waals surface area contributed by atoms with Crippen molar-refractivity contribution in [2.75, 3.05) is 0 Å². The highest BCUT2D eigenvalue weighted by Crippen LogP contribution is 2.20. The molecule has 2 nitrogen and oxygen atoms in total. The number of fused-ring (bicyclic) bond motifs is 1. The van der Waals surface area contributed by atoms with Crippen LogP contribution in [-0.2, 0) is 7.05 Å². The third-order valence-corrected chi connectivity index (χ3v) is 2.21. The summed E-state index contributed by atoms with van der Waals surface area (Å²) in [5.41, 5.74) is 2.12. The van der Waals surface area contributed by atoms with E-state index in [0.717, 1.165) is 5.65 Å². The third-order valence-electron chi connectivity index (χ3n) is 2.01. The van der Waals surface area contributed by atoms with E-state index < -0.39 is 0 Å². The van der Waals surface area contributed by atoms with E-state index in [1.54, 1.807) is 0 Å². The predicted octanol–water partition coefficient (Wildman–Crippen LogP) is 2.54. The van der Waals surface area contributed by atoms with Crippen molar-refractivity contribution in [3.8, 4) is 0 Å². The van der Waals surface area contributed by atoms with Crippen molar-refractivity contribution in [3.63, 3.8) is 0 Å². The van der Waals surface area contributed by atoms with Crippen molar-refractivity contribution >= 4 is 22.6 Å². The van der Waals surface area contributed by atoms with Crippen LogP contribution in [0.2, 0.25) is 5.15 Å². The van der Waals surface area contributed by atoms with Gasteiger partial charge in [-0.2, -0.15) is 0 Å². The molecule has 0 saturated carbocycles. The molecule has 0 fully saturated rings. The zero-order valence-electron chi connectivity index (χ0n) is 7.00. The summed E-state index contributed by atoms with van der Waals surface area (Å²) in [5.74, 6) is 0. The molecule has 0 aromatic carbocycles. The van der Waals surface area contributed by atoms with Crippen LogP contribution in [0, 0.1) is 6.92 Å². The van der Waals surface area contributed by atoms with Crippen LogP contribution in [0.1, 0.15) is 5.56 Å². The highest BCUT2D eigenvalue weighted by Gasteiger charge is 2.03. The first-order valence-electron chi connectivity index (χ1n) is 3.76. The fraction of sp³-hybridized carbons (Fsp3) is 0.222. The second-order valence-corrected chi connectivity index (χ2v) is 3.31. The van der Waals surface area contributed by atoms with E-state index in [4.69, 9.17) is 11.6 Å². The molecule has 12 heavy (non-hydrogen) atoms. The lowest BCUT2D eigenvalue weighted by atomic mass is 10.2. The Labute approximate surface area is 75.8 Å². The summed E-state index contributed by atoms with van der Waals surface area (Å²) in [5, 5.41) is 1.73. The molecule has 3 heteroatoms. The molecule has 2 aromatic heterocycles. The fourth-order valence-electron chi connectivity index (χ4n) is 1.36. The quantitative estimate of drug-likeness (QED) is 0.570. The molecule has 62 valence electrons. The summed E-state index contributed by atoms with van der Waals surface area (Å²) >= 11 is 5.83. The molecular weight excluding hydrogens is 172 g/mol. The lowest BCUT2D eigenvalue weighted by Gasteiger charge is -1.98. The molecule has 2 rings (SSSR count). The molecule has 0 unspecified atom stereocenters. The van der Waals surface area contributed by atoms with Gasteiger partial charge in [0.05, 0.1) is 0 Å². The van der Waals surface area contributed by atoms with Gasteiger partial charge in [-0.3, -0.25) is 0 Å². The summed E-state index contributed by atoms with van der Waals surface area (Å²) in [6.45, 7) is 2.04. The second-order valence-electron chi connectivity index (χ2n) is 2.93. The zero-order valence-corrected chi connectivity index (χ0v) is 7.76. The van der Waals surface area contributed by atoms with E-state index in [0.29, 0.717) is 5.15 Å². The van der Waals surface area contributed by atoms with Crippen molar-refractivity contribution < 1.29 is 0 Å². The third kappa shape index (κ3) is 0.994. The number of hydrogen-bond donors (Lipinski definition) is 0. The first-order valence-corrected chi connectivity index (χ1v) is 4.14. The van der Waals surface area contributed by atoms with Gasteiger partial charge >= 0.3 is 0 Å². The Hall–Kier alpha value is -1.02. The van der Waals surface area contributed by atoms with Gasteiger partial charge in [-0.15, -0.1) is 0 Å². The summed E-state index contributed by atoms with van der Waals surface area (Å²) in [4.78, 5) is 4.22. The standard InChI is InChI=1S/C9H9ClN2/c1-6-5-8(10)11-9-7(6)3-4-12(9)2/h3-5H,1-2H3. The molecule has 0 saturated heterocycles. The Bertz CT molecular complexity index is 431. The van der Waals surface area contributed by atoms with E-state index >= 15 is 0 Å². The Balaban J connectivity index is 2.92. The Morgan fingerprint density at radius 3 is 3.00 bits per heavy atom. The van der Waals surface area contributed by atoms with Gasteiger partial charge in [0.2, 0.25) is 0 Å². The highest BCUT2D eigenvalue weighted by molar-refractivity contribution is 6.29. The summed E-state index contributed by atoms with van der Waals surface area (Å²) < 4.78 is 1.97. The number of nitrogens with zero attached hydrogens (tertiary/aromatic N) is 2. The number of halogens is 1. The maximum Gasteiger partial charge on any atom is 0.141 e. The largest absolute Gasteiger partial charge is 0.336 e.